The van der Waals surface area contributed by atoms with Gasteiger partial charge in [-0.3, -0.25) is 4.98 Å². The molecule has 0 aliphatic heterocycles. The van der Waals surface area contributed by atoms with Crippen molar-refractivity contribution in [2.45, 2.75) is 71.1 Å². The fraction of sp³-hybridized carbons (Fsp3) is 0.361. The minimum absolute atomic E-state index is 0. The molecule has 0 unspecified atom stereocenters. The first-order chi connectivity index (χ1) is 20.8. The summed E-state index contributed by atoms with van der Waals surface area (Å²) in [5.74, 6) is 0.256. The minimum atomic E-state index is -2.72. The van der Waals surface area contributed by atoms with Crippen LogP contribution < -0.4 is 45.2 Å². The largest absolute Gasteiger partial charge is 1.00 e. The first-order valence-electron chi connectivity index (χ1n) is 15.1. The zero-order valence-corrected chi connectivity index (χ0v) is 31.3. The van der Waals surface area contributed by atoms with Crippen molar-refractivity contribution in [3.63, 3.8) is 0 Å². The molecule has 3 aromatic carbocycles. The monoisotopic (exact) mass is 650 g/mol. The molecule has 0 aliphatic rings. The molecule has 46 heavy (non-hydrogen) atoms. The number of aryl methyl sites for hydroxylation is 1. The maximum absolute atomic E-state index is 12.9. The van der Waals surface area contributed by atoms with Crippen molar-refractivity contribution >= 4 is 31.1 Å². The van der Waals surface area contributed by atoms with E-state index in [1.165, 1.54) is 10.4 Å². The number of rotatable bonds is 11. The van der Waals surface area contributed by atoms with Gasteiger partial charge in [0.2, 0.25) is 0 Å². The van der Waals surface area contributed by atoms with Crippen molar-refractivity contribution in [3.05, 3.63) is 103 Å². The maximum Gasteiger partial charge on any atom is 1.00 e. The molecule has 4 rings (SSSR count). The summed E-state index contributed by atoms with van der Waals surface area (Å²) in [4.78, 5) is 28.4. The van der Waals surface area contributed by atoms with E-state index < -0.39 is 20.0 Å². The topological polar surface area (TPSA) is 112 Å². The van der Waals surface area contributed by atoms with Gasteiger partial charge in [-0.2, -0.15) is 6.29 Å². The molecule has 8 nitrogen and oxygen atoms in total. The number of nitrogens with one attached hydrogen (secondary N) is 1. The number of benzene rings is 3. The third kappa shape index (κ3) is 9.73. The summed E-state index contributed by atoms with van der Waals surface area (Å²) in [6, 6.07) is 28.9. The van der Waals surface area contributed by atoms with Crippen molar-refractivity contribution in [2.24, 2.45) is 7.05 Å². The molecule has 0 fully saturated rings. The van der Waals surface area contributed by atoms with Gasteiger partial charge in [-0.1, -0.05) is 106 Å². The quantitative estimate of drug-likeness (QED) is 0.198. The Bertz CT molecular complexity index is 1490. The number of hydrogen-bond donors (Lipinski definition) is 1. The molecule has 10 heteroatoms. The molecule has 0 radical (unpaired) electrons. The molecular weight excluding hydrogens is 605 g/mol. The van der Waals surface area contributed by atoms with Gasteiger partial charge < -0.3 is 29.3 Å². The van der Waals surface area contributed by atoms with Crippen molar-refractivity contribution in [3.8, 4) is 11.3 Å². The summed E-state index contributed by atoms with van der Waals surface area (Å²) in [7, 11) is -0.947. The van der Waals surface area contributed by atoms with Crippen LogP contribution in [0.4, 0.5) is 4.79 Å². The molecule has 1 amide bonds. The number of alkyl carbamates (subject to hydrolysis) is 1. The Balaban J connectivity index is 0.00000368. The first-order valence-corrected chi connectivity index (χ1v) is 17.0. The van der Waals surface area contributed by atoms with Crippen LogP contribution in [0.15, 0.2) is 91.1 Å². The van der Waals surface area contributed by atoms with E-state index in [1.807, 2.05) is 69.7 Å². The Hall–Kier alpha value is -3.05. The third-order valence-corrected chi connectivity index (χ3v) is 12.7. The molecule has 1 heterocycles. The fourth-order valence-electron chi connectivity index (χ4n) is 5.61. The summed E-state index contributed by atoms with van der Waals surface area (Å²) in [5.41, 5.74) is 2.05. The van der Waals surface area contributed by atoms with Crippen LogP contribution in [0.3, 0.4) is 0 Å². The Morgan fingerprint density at radius 2 is 1.46 bits per heavy atom. The van der Waals surface area contributed by atoms with Crippen LogP contribution in [0.1, 0.15) is 59.4 Å². The molecular formula is C36H45N3NaO5Si-. The molecule has 0 saturated heterocycles. The van der Waals surface area contributed by atoms with Gasteiger partial charge >= 0.3 is 35.7 Å². The Morgan fingerprint density at radius 3 is 1.91 bits per heavy atom. The minimum Gasteiger partial charge on any atom is -0.870 e. The zero-order valence-electron chi connectivity index (χ0n) is 28.3. The van der Waals surface area contributed by atoms with E-state index in [0.29, 0.717) is 25.1 Å². The molecule has 1 atom stereocenters. The van der Waals surface area contributed by atoms with Crippen LogP contribution in [0.25, 0.3) is 11.3 Å². The molecule has 2 N–H and O–H groups in total. The van der Waals surface area contributed by atoms with E-state index in [1.54, 1.807) is 11.6 Å². The van der Waals surface area contributed by atoms with Gasteiger partial charge in [0.1, 0.15) is 5.60 Å². The average Bonchev–Trinajstić information content (AvgIpc) is 3.35. The van der Waals surface area contributed by atoms with Gasteiger partial charge in [0.25, 0.3) is 8.32 Å². The molecule has 0 aliphatic carbocycles. The van der Waals surface area contributed by atoms with Crippen LogP contribution in [0, 0.1) is 0 Å². The van der Waals surface area contributed by atoms with Gasteiger partial charge in [-0.25, -0.2) is 4.79 Å². The number of carbonyl (C=O) groups is 1. The van der Waals surface area contributed by atoms with Crippen LogP contribution >= 0.6 is 0 Å². The van der Waals surface area contributed by atoms with Gasteiger partial charge in [-0.05, 0) is 60.4 Å². The Labute approximate surface area is 296 Å². The predicted octanol–water partition coefficient (Wildman–Crippen LogP) is 2.77. The van der Waals surface area contributed by atoms with E-state index >= 15 is 0 Å². The molecule has 1 aromatic heterocycles. The summed E-state index contributed by atoms with van der Waals surface area (Å²) in [6.07, 6.45) is 4.42. The first kappa shape index (κ1) is 39.1. The van der Waals surface area contributed by atoms with Crippen molar-refractivity contribution in [1.29, 1.82) is 0 Å². The number of nitrogens with zero attached hydrogens (tertiary/aromatic N) is 2. The molecule has 4 aromatic rings. The number of amides is 1. The van der Waals surface area contributed by atoms with Crippen LogP contribution in [0.5, 0.6) is 0 Å². The van der Waals surface area contributed by atoms with Gasteiger partial charge in [0.05, 0.1) is 5.69 Å². The second-order valence-corrected chi connectivity index (χ2v) is 17.5. The summed E-state index contributed by atoms with van der Waals surface area (Å²) in [6.45, 7) is 12.8. The number of ether oxygens (including phenoxy) is 1. The zero-order chi connectivity index (χ0) is 32.0. The molecule has 0 saturated carbocycles. The Morgan fingerprint density at radius 1 is 0.913 bits per heavy atom. The van der Waals surface area contributed by atoms with E-state index in [9.17, 15) is 9.59 Å². The summed E-state index contributed by atoms with van der Waals surface area (Å²) >= 11 is 0. The number of carbonyl (C=O) groups excluding carboxylic acids is 2. The molecule has 0 bridgehead atoms. The smallest absolute Gasteiger partial charge is 0.870 e. The summed E-state index contributed by atoms with van der Waals surface area (Å²) < 4.78 is 14.4. The summed E-state index contributed by atoms with van der Waals surface area (Å²) in [5, 5.41) is 5.40. The van der Waals surface area contributed by atoms with E-state index in [-0.39, 0.29) is 51.9 Å². The third-order valence-electron chi connectivity index (χ3n) is 7.62. The number of aromatic nitrogens is 2. The maximum atomic E-state index is 12.9. The molecule has 240 valence electrons. The van der Waals surface area contributed by atoms with E-state index in [2.05, 4.69) is 79.6 Å². The predicted molar refractivity (Wildman–Crippen MR) is 180 cm³/mol. The normalized spacial score (nSPS) is 12.3. The van der Waals surface area contributed by atoms with Crippen molar-refractivity contribution in [1.82, 2.24) is 14.9 Å². The van der Waals surface area contributed by atoms with Crippen LogP contribution in [-0.2, 0) is 27.4 Å². The van der Waals surface area contributed by atoms with Crippen molar-refractivity contribution < 1.29 is 53.8 Å². The van der Waals surface area contributed by atoms with E-state index in [0.717, 1.165) is 11.1 Å². The van der Waals surface area contributed by atoms with Crippen LogP contribution in [0.2, 0.25) is 5.04 Å². The fourth-order valence-corrected chi connectivity index (χ4v) is 10.2. The van der Waals surface area contributed by atoms with Gasteiger partial charge in [-0.15, -0.1) is 0 Å². The second-order valence-electron chi connectivity index (χ2n) is 13.2. The van der Waals surface area contributed by atoms with E-state index in [4.69, 9.17) is 9.16 Å². The van der Waals surface area contributed by atoms with Gasteiger partial charge in [0, 0.05) is 31.5 Å². The Kier molecular flexibility index (Phi) is 14.2. The second kappa shape index (κ2) is 16.7. The van der Waals surface area contributed by atoms with Gasteiger partial charge in [0.15, 0.2) is 0 Å². The van der Waals surface area contributed by atoms with Crippen molar-refractivity contribution in [2.75, 3.05) is 6.61 Å². The number of imidazole rings is 1. The SMILES string of the molecule is Cn1cc(-c2ccc(C[C@@H](CCO[Si](c3ccccc3)(c3ccccc3)C(C)(C)C)NC(=O)OC(C)(C)C)cc2)nc1[C-]=O.[Na+].[OH-]. The number of hydrogen-bond acceptors (Lipinski definition) is 6. The van der Waals surface area contributed by atoms with Crippen LogP contribution in [-0.4, -0.2) is 54.0 Å². The average molecular weight is 651 g/mol. The standard InChI is InChI=1S/C36H44N3O4Si.Na.H2O/c1-35(2,3)43-34(41)37-29(24-27-18-20-28(21-19-27)32-25-39(7)33(26-40)38-32)22-23-42-44(36(4,5)6,30-14-10-8-11-15-30)31-16-12-9-13-17-31;;/h8-21,25,29H,22-24H2,1-7H3,(H,37,41);;1H2/q-1;+1;/p-1/t29-;;/m1../s1. The molecule has 0 spiro atoms.